The van der Waals surface area contributed by atoms with Gasteiger partial charge in [0, 0.05) is 18.0 Å². The maximum Gasteiger partial charge on any atom is 0.119 e. The van der Waals surface area contributed by atoms with Gasteiger partial charge in [0.05, 0.1) is 18.8 Å². The Morgan fingerprint density at radius 3 is 2.61 bits per heavy atom. The van der Waals surface area contributed by atoms with Crippen LogP contribution in [0, 0.1) is 0 Å². The smallest absolute Gasteiger partial charge is 0.119 e. The van der Waals surface area contributed by atoms with E-state index in [1.165, 1.54) is 0 Å². The topological polar surface area (TPSA) is 38.7 Å². The van der Waals surface area contributed by atoms with Crippen molar-refractivity contribution in [1.82, 2.24) is 0 Å². The average Bonchev–Trinajstić information content (AvgIpc) is 2.31. The van der Waals surface area contributed by atoms with E-state index in [0.717, 1.165) is 35.0 Å². The Morgan fingerprint density at radius 1 is 1.39 bits per heavy atom. The lowest BCUT2D eigenvalue weighted by Gasteiger charge is -2.44. The first-order valence-electron chi connectivity index (χ1n) is 6.17. The molecule has 0 bridgehead atoms. The number of rotatable bonds is 5. The molecule has 1 unspecified atom stereocenters. The van der Waals surface area contributed by atoms with Gasteiger partial charge in [0.25, 0.3) is 0 Å². The molecule has 1 aromatic rings. The SMILES string of the molecule is COc1ccc(Br)c(CC(O)C2(OC)CCC2)c1. The molecule has 0 saturated heterocycles. The number of hydrogen-bond acceptors (Lipinski definition) is 3. The van der Waals surface area contributed by atoms with Crippen molar-refractivity contribution in [2.24, 2.45) is 0 Å². The lowest BCUT2D eigenvalue weighted by Crippen LogP contribution is -2.50. The normalized spacial score (nSPS) is 19.1. The highest BCUT2D eigenvalue weighted by Crippen LogP contribution is 2.39. The van der Waals surface area contributed by atoms with Crippen molar-refractivity contribution in [2.45, 2.75) is 37.4 Å². The van der Waals surface area contributed by atoms with E-state index in [9.17, 15) is 5.11 Å². The summed E-state index contributed by atoms with van der Waals surface area (Å²) in [5.41, 5.74) is 0.702. The average molecular weight is 315 g/mol. The fourth-order valence-electron chi connectivity index (χ4n) is 2.43. The van der Waals surface area contributed by atoms with Crippen molar-refractivity contribution in [2.75, 3.05) is 14.2 Å². The van der Waals surface area contributed by atoms with Crippen LogP contribution in [-0.4, -0.2) is 31.0 Å². The summed E-state index contributed by atoms with van der Waals surface area (Å²) >= 11 is 3.51. The largest absolute Gasteiger partial charge is 0.497 e. The van der Waals surface area contributed by atoms with Crippen LogP contribution >= 0.6 is 15.9 Å². The van der Waals surface area contributed by atoms with E-state index in [1.807, 2.05) is 18.2 Å². The van der Waals surface area contributed by atoms with Gasteiger partial charge in [0.15, 0.2) is 0 Å². The lowest BCUT2D eigenvalue weighted by atomic mass is 9.74. The van der Waals surface area contributed by atoms with Crippen molar-refractivity contribution < 1.29 is 14.6 Å². The maximum atomic E-state index is 10.4. The molecular weight excluding hydrogens is 296 g/mol. The fourth-order valence-corrected chi connectivity index (χ4v) is 2.84. The number of aliphatic hydroxyl groups excluding tert-OH is 1. The van der Waals surface area contributed by atoms with Gasteiger partial charge in [-0.15, -0.1) is 0 Å². The second kappa shape index (κ2) is 5.59. The van der Waals surface area contributed by atoms with Crippen LogP contribution in [0.5, 0.6) is 5.75 Å². The number of ether oxygens (including phenoxy) is 2. The van der Waals surface area contributed by atoms with E-state index in [1.54, 1.807) is 14.2 Å². The number of benzene rings is 1. The van der Waals surface area contributed by atoms with Crippen LogP contribution in [0.25, 0.3) is 0 Å². The zero-order chi connectivity index (χ0) is 13.2. The highest BCUT2D eigenvalue weighted by molar-refractivity contribution is 9.10. The van der Waals surface area contributed by atoms with E-state index in [-0.39, 0.29) is 5.60 Å². The van der Waals surface area contributed by atoms with Gasteiger partial charge in [-0.05, 0) is 43.0 Å². The van der Waals surface area contributed by atoms with Crippen molar-refractivity contribution in [3.05, 3.63) is 28.2 Å². The van der Waals surface area contributed by atoms with Gasteiger partial charge in [-0.2, -0.15) is 0 Å². The third-order valence-electron chi connectivity index (χ3n) is 3.88. The summed E-state index contributed by atoms with van der Waals surface area (Å²) < 4.78 is 11.7. The van der Waals surface area contributed by atoms with Crippen LogP contribution in [0.4, 0.5) is 0 Å². The molecule has 1 aliphatic rings. The zero-order valence-electron chi connectivity index (χ0n) is 10.8. The molecule has 3 nitrogen and oxygen atoms in total. The molecular formula is C14H19BrO3. The van der Waals surface area contributed by atoms with Gasteiger partial charge < -0.3 is 14.6 Å². The number of hydrogen-bond donors (Lipinski definition) is 1. The number of methoxy groups -OCH3 is 2. The molecule has 1 N–H and O–H groups in total. The molecule has 0 heterocycles. The van der Waals surface area contributed by atoms with Crippen LogP contribution in [0.3, 0.4) is 0 Å². The van der Waals surface area contributed by atoms with E-state index < -0.39 is 6.10 Å². The van der Waals surface area contributed by atoms with Gasteiger partial charge in [-0.3, -0.25) is 0 Å². The Bertz CT molecular complexity index is 410. The summed E-state index contributed by atoms with van der Waals surface area (Å²) in [5, 5.41) is 10.4. The molecule has 0 radical (unpaired) electrons. The van der Waals surface area contributed by atoms with E-state index >= 15 is 0 Å². The monoisotopic (exact) mass is 314 g/mol. The standard InChI is InChI=1S/C14H19BrO3/c1-17-11-4-5-12(15)10(8-11)9-13(16)14(18-2)6-3-7-14/h4-5,8,13,16H,3,6-7,9H2,1-2H3. The molecule has 1 saturated carbocycles. The minimum absolute atomic E-state index is 0.345. The summed E-state index contributed by atoms with van der Waals surface area (Å²) in [6.45, 7) is 0. The van der Waals surface area contributed by atoms with Crippen LogP contribution in [0.15, 0.2) is 22.7 Å². The van der Waals surface area contributed by atoms with E-state index in [4.69, 9.17) is 9.47 Å². The van der Waals surface area contributed by atoms with Crippen molar-refractivity contribution in [3.63, 3.8) is 0 Å². The third-order valence-corrected chi connectivity index (χ3v) is 4.65. The van der Waals surface area contributed by atoms with Gasteiger partial charge in [0.1, 0.15) is 5.75 Å². The van der Waals surface area contributed by atoms with Gasteiger partial charge >= 0.3 is 0 Å². The molecule has 1 aliphatic carbocycles. The summed E-state index contributed by atoms with van der Waals surface area (Å²) in [5.74, 6) is 0.806. The van der Waals surface area contributed by atoms with Crippen LogP contribution < -0.4 is 4.74 Å². The first-order valence-corrected chi connectivity index (χ1v) is 6.96. The van der Waals surface area contributed by atoms with Gasteiger partial charge in [0.2, 0.25) is 0 Å². The van der Waals surface area contributed by atoms with Crippen molar-refractivity contribution in [1.29, 1.82) is 0 Å². The van der Waals surface area contributed by atoms with Gasteiger partial charge in [-0.1, -0.05) is 15.9 Å². The molecule has 18 heavy (non-hydrogen) atoms. The summed E-state index contributed by atoms with van der Waals surface area (Å²) in [7, 11) is 3.33. The zero-order valence-corrected chi connectivity index (χ0v) is 12.4. The van der Waals surface area contributed by atoms with Crippen molar-refractivity contribution >= 4 is 15.9 Å². The Labute approximate surface area is 116 Å². The fraction of sp³-hybridized carbons (Fsp3) is 0.571. The molecule has 0 amide bonds. The Balaban J connectivity index is 2.13. The first kappa shape index (κ1) is 13.8. The molecule has 100 valence electrons. The molecule has 0 aromatic heterocycles. The summed E-state index contributed by atoms with van der Waals surface area (Å²) in [6, 6.07) is 5.80. The number of halogens is 1. The number of aliphatic hydroxyl groups is 1. The predicted octanol–water partition coefficient (Wildman–Crippen LogP) is 2.93. The maximum absolute atomic E-state index is 10.4. The molecule has 0 spiro atoms. The first-order chi connectivity index (χ1) is 8.61. The molecule has 2 rings (SSSR count). The highest BCUT2D eigenvalue weighted by atomic mass is 79.9. The Kier molecular flexibility index (Phi) is 4.30. The Morgan fingerprint density at radius 2 is 2.11 bits per heavy atom. The predicted molar refractivity (Wildman–Crippen MR) is 74.0 cm³/mol. The second-order valence-corrected chi connectivity index (χ2v) is 5.65. The molecule has 1 fully saturated rings. The highest BCUT2D eigenvalue weighted by Gasteiger charge is 2.43. The van der Waals surface area contributed by atoms with Crippen LogP contribution in [-0.2, 0) is 11.2 Å². The molecule has 4 heteroatoms. The van der Waals surface area contributed by atoms with E-state index in [0.29, 0.717) is 6.42 Å². The van der Waals surface area contributed by atoms with Crippen LogP contribution in [0.1, 0.15) is 24.8 Å². The second-order valence-electron chi connectivity index (χ2n) is 4.80. The molecule has 0 aliphatic heterocycles. The quantitative estimate of drug-likeness (QED) is 0.908. The van der Waals surface area contributed by atoms with Crippen LogP contribution in [0.2, 0.25) is 0 Å². The molecule has 1 aromatic carbocycles. The minimum Gasteiger partial charge on any atom is -0.497 e. The lowest BCUT2D eigenvalue weighted by molar-refractivity contribution is -0.148. The minimum atomic E-state index is -0.473. The Hall–Kier alpha value is -0.580. The van der Waals surface area contributed by atoms with Gasteiger partial charge in [-0.25, -0.2) is 0 Å². The van der Waals surface area contributed by atoms with E-state index in [2.05, 4.69) is 15.9 Å². The summed E-state index contributed by atoms with van der Waals surface area (Å²) in [4.78, 5) is 0. The molecule has 1 atom stereocenters. The summed E-state index contributed by atoms with van der Waals surface area (Å²) in [6.07, 6.45) is 3.11. The third kappa shape index (κ3) is 2.56. The van der Waals surface area contributed by atoms with Crippen molar-refractivity contribution in [3.8, 4) is 5.75 Å².